The van der Waals surface area contributed by atoms with E-state index in [0.717, 1.165) is 0 Å². The van der Waals surface area contributed by atoms with Crippen molar-refractivity contribution in [3.63, 3.8) is 0 Å². The fourth-order valence-electron chi connectivity index (χ4n) is 2.76. The van der Waals surface area contributed by atoms with Crippen LogP contribution in [0.5, 0.6) is 0 Å². The Morgan fingerprint density at radius 3 is 1.76 bits per heavy atom. The van der Waals surface area contributed by atoms with Gasteiger partial charge in [0, 0.05) is 8.07 Å². The molecule has 0 bridgehead atoms. The summed E-state index contributed by atoms with van der Waals surface area (Å²) in [5.74, 6) is 0. The first-order valence-electron chi connectivity index (χ1n) is 8.34. The molecular weight excluding hydrogens is 482 g/mol. The van der Waals surface area contributed by atoms with Gasteiger partial charge in [-0.05, 0) is 4.66 Å². The van der Waals surface area contributed by atoms with Gasteiger partial charge in [-0.2, -0.15) is 46.1 Å². The Hall–Kier alpha value is 0.887. The summed E-state index contributed by atoms with van der Waals surface area (Å²) < 4.78 is 0.415. The number of halogens is 3. The molecule has 0 aliphatic heterocycles. The number of hydrogen-bond donors (Lipinski definition) is 0. The van der Waals surface area contributed by atoms with Crippen LogP contribution in [0.4, 0.5) is 0 Å². The first-order chi connectivity index (χ1) is 10.4. The van der Waals surface area contributed by atoms with Crippen LogP contribution in [-0.2, 0) is 26.2 Å². The molecule has 0 radical (unpaired) electrons. The van der Waals surface area contributed by atoms with E-state index < -0.39 is 16.9 Å². The van der Waals surface area contributed by atoms with Crippen molar-refractivity contribution in [2.45, 2.75) is 57.8 Å². The molecular formula is C19H31Cl3Si2Zr. The Morgan fingerprint density at radius 1 is 1.00 bits per heavy atom. The van der Waals surface area contributed by atoms with E-state index in [1.54, 1.807) is 5.19 Å². The first-order valence-corrected chi connectivity index (χ1v) is 13.9. The SMILES string of the molecule is CCCC[Si](C)([c-]1cccc1)C(C)(C)[SiH2]Cl.C[c-]1cccc1.[Cl-].[Cl-].[Zr+4]. The maximum Gasteiger partial charge on any atom is 4.00 e. The third-order valence-electron chi connectivity index (χ3n) is 4.99. The van der Waals surface area contributed by atoms with Crippen LogP contribution >= 0.6 is 11.1 Å². The zero-order valence-corrected chi connectivity index (χ0v) is 23.2. The van der Waals surface area contributed by atoms with Crippen molar-refractivity contribution in [2.75, 3.05) is 0 Å². The van der Waals surface area contributed by atoms with Gasteiger partial charge in [0.15, 0.2) is 0 Å². The molecule has 0 aliphatic rings. The number of hydrogen-bond acceptors (Lipinski definition) is 0. The molecule has 0 saturated carbocycles. The summed E-state index contributed by atoms with van der Waals surface area (Å²) in [5.41, 5.74) is 1.34. The number of unbranched alkanes of at least 4 members (excludes halogenated alkanes) is 1. The second-order valence-electron chi connectivity index (χ2n) is 7.09. The molecule has 2 rings (SSSR count). The predicted octanol–water partition coefficient (Wildman–Crippen LogP) is -0.729. The maximum absolute atomic E-state index is 6.35. The van der Waals surface area contributed by atoms with Crippen LogP contribution < -0.4 is 30.0 Å². The second kappa shape index (κ2) is 14.9. The van der Waals surface area contributed by atoms with E-state index in [9.17, 15) is 0 Å². The van der Waals surface area contributed by atoms with Crippen molar-refractivity contribution in [1.29, 1.82) is 0 Å². The Kier molecular flexibility index (Phi) is 18.2. The van der Waals surface area contributed by atoms with Crippen molar-refractivity contribution in [2.24, 2.45) is 0 Å². The molecule has 25 heavy (non-hydrogen) atoms. The summed E-state index contributed by atoms with van der Waals surface area (Å²) in [6, 6.07) is 18.6. The minimum Gasteiger partial charge on any atom is -1.00 e. The van der Waals surface area contributed by atoms with Crippen molar-refractivity contribution in [3.8, 4) is 0 Å². The van der Waals surface area contributed by atoms with Crippen LogP contribution in [0.15, 0.2) is 48.5 Å². The Balaban J connectivity index is -0.000000461. The third kappa shape index (κ3) is 9.08. The van der Waals surface area contributed by atoms with Crippen molar-refractivity contribution >= 4 is 33.2 Å². The van der Waals surface area contributed by atoms with E-state index in [2.05, 4.69) is 70.6 Å². The Bertz CT molecular complexity index is 513. The normalized spacial score (nSPS) is 12.9. The molecule has 0 fully saturated rings. The largest absolute Gasteiger partial charge is 4.00 e. The summed E-state index contributed by atoms with van der Waals surface area (Å²) in [4.78, 5) is 0. The first kappa shape index (κ1) is 30.6. The molecule has 0 heterocycles. The summed E-state index contributed by atoms with van der Waals surface area (Å²) in [5, 5.41) is 1.61. The summed E-state index contributed by atoms with van der Waals surface area (Å²) >= 11 is 6.35. The molecule has 0 N–H and O–H groups in total. The summed E-state index contributed by atoms with van der Waals surface area (Å²) in [6.45, 7) is 11.7. The minimum atomic E-state index is -1.39. The zero-order chi connectivity index (χ0) is 16.6. The Labute approximate surface area is 194 Å². The van der Waals surface area contributed by atoms with Crippen LogP contribution in [0.25, 0.3) is 0 Å². The quantitative estimate of drug-likeness (QED) is 0.272. The maximum atomic E-state index is 6.35. The molecule has 0 nitrogen and oxygen atoms in total. The average molecular weight is 513 g/mol. The predicted molar refractivity (Wildman–Crippen MR) is 108 cm³/mol. The van der Waals surface area contributed by atoms with Gasteiger partial charge < -0.3 is 24.8 Å². The van der Waals surface area contributed by atoms with Gasteiger partial charge >= 0.3 is 26.2 Å². The van der Waals surface area contributed by atoms with Crippen LogP contribution in [0, 0.1) is 6.92 Å². The minimum absolute atomic E-state index is 0. The molecule has 0 aliphatic carbocycles. The average Bonchev–Trinajstić information content (AvgIpc) is 3.18. The standard InChI is InChI=1S/C13H24ClSi2.C6H7.2ClH.Zr/c1-5-6-11-16(4,13(2,3)15-14)12-9-7-8-10-12;1-6-4-2-3-5-6;;;/h7-10H,5-6,11,15H2,1-4H3;2-5H,1H3;2*1H;/q2*-1;;;+4/p-2. The number of rotatable bonds is 6. The van der Waals surface area contributed by atoms with Gasteiger partial charge in [0.2, 0.25) is 0 Å². The third-order valence-corrected chi connectivity index (χ3v) is 17.2. The van der Waals surface area contributed by atoms with Gasteiger partial charge in [0.05, 0.1) is 0 Å². The van der Waals surface area contributed by atoms with Crippen molar-refractivity contribution < 1.29 is 51.0 Å². The van der Waals surface area contributed by atoms with E-state index in [4.69, 9.17) is 11.1 Å². The molecule has 6 heteroatoms. The molecule has 1 unspecified atom stereocenters. The monoisotopic (exact) mass is 510 g/mol. The molecule has 0 spiro atoms. The van der Waals surface area contributed by atoms with Crippen molar-refractivity contribution in [1.82, 2.24) is 0 Å². The zero-order valence-electron chi connectivity index (χ0n) is 16.1. The molecule has 0 amide bonds. The van der Waals surface area contributed by atoms with Gasteiger partial charge in [0.25, 0.3) is 0 Å². The van der Waals surface area contributed by atoms with E-state index >= 15 is 0 Å². The van der Waals surface area contributed by atoms with E-state index in [1.165, 1.54) is 24.4 Å². The summed E-state index contributed by atoms with van der Waals surface area (Å²) in [7, 11) is -1.87. The van der Waals surface area contributed by atoms with E-state index in [-0.39, 0.29) is 51.0 Å². The van der Waals surface area contributed by atoms with E-state index in [0.29, 0.717) is 4.66 Å². The van der Waals surface area contributed by atoms with Crippen LogP contribution in [-0.4, -0.2) is 16.9 Å². The second-order valence-corrected chi connectivity index (χ2v) is 15.7. The topological polar surface area (TPSA) is 0 Å². The van der Waals surface area contributed by atoms with Crippen LogP contribution in [0.2, 0.25) is 17.3 Å². The van der Waals surface area contributed by atoms with Crippen LogP contribution in [0.1, 0.15) is 39.2 Å². The van der Waals surface area contributed by atoms with Gasteiger partial charge in [-0.15, -0.1) is 0 Å². The Morgan fingerprint density at radius 2 is 1.44 bits per heavy atom. The van der Waals surface area contributed by atoms with Crippen molar-refractivity contribution in [3.05, 3.63) is 54.1 Å². The van der Waals surface area contributed by atoms with Gasteiger partial charge in [-0.3, -0.25) is 0 Å². The smallest absolute Gasteiger partial charge is 1.00 e. The fourth-order valence-corrected chi connectivity index (χ4v) is 11.5. The molecule has 1 atom stereocenters. The van der Waals surface area contributed by atoms with E-state index in [1.807, 2.05) is 12.1 Å². The van der Waals surface area contributed by atoms with Gasteiger partial charge in [0.1, 0.15) is 8.83 Å². The van der Waals surface area contributed by atoms with Gasteiger partial charge in [-0.25, -0.2) is 24.3 Å². The number of aryl methyl sites for hydroxylation is 1. The summed E-state index contributed by atoms with van der Waals surface area (Å²) in [6.07, 6.45) is 2.64. The van der Waals surface area contributed by atoms with Gasteiger partial charge in [-0.1, -0.05) is 53.1 Å². The molecule has 2 aromatic carbocycles. The van der Waals surface area contributed by atoms with Crippen LogP contribution in [0.3, 0.4) is 0 Å². The molecule has 0 aromatic heterocycles. The molecule has 2 aromatic rings. The molecule has 0 saturated heterocycles. The fraction of sp³-hybridized carbons (Fsp3) is 0.474. The molecule has 140 valence electrons.